The highest BCUT2D eigenvalue weighted by molar-refractivity contribution is 5.96. The summed E-state index contributed by atoms with van der Waals surface area (Å²) in [5, 5.41) is 0. The Morgan fingerprint density at radius 1 is 1.33 bits per heavy atom. The molecule has 2 heteroatoms. The van der Waals surface area contributed by atoms with Crippen molar-refractivity contribution in [2.24, 2.45) is 23.2 Å². The van der Waals surface area contributed by atoms with Crippen molar-refractivity contribution in [2.45, 2.75) is 33.1 Å². The summed E-state index contributed by atoms with van der Waals surface area (Å²) in [5.74, 6) is 1.35. The summed E-state index contributed by atoms with van der Waals surface area (Å²) in [6.45, 7) is 4.19. The van der Waals surface area contributed by atoms with Crippen LogP contribution in [0.3, 0.4) is 0 Å². The van der Waals surface area contributed by atoms with Gasteiger partial charge in [0.2, 0.25) is 0 Å². The molecule has 0 aliphatic heterocycles. The fourth-order valence-corrected chi connectivity index (χ4v) is 4.22. The lowest BCUT2D eigenvalue weighted by Gasteiger charge is -2.53. The minimum Gasteiger partial charge on any atom is -0.299 e. The molecule has 0 unspecified atom stereocenters. The zero-order chi connectivity index (χ0) is 10.8. The number of ketones is 2. The molecule has 4 atom stereocenters. The van der Waals surface area contributed by atoms with Crippen LogP contribution in [0.25, 0.3) is 0 Å². The number of allylic oxidation sites excluding steroid dienone is 2. The Kier molecular flexibility index (Phi) is 1.62. The van der Waals surface area contributed by atoms with Gasteiger partial charge in [0.15, 0.2) is 0 Å². The van der Waals surface area contributed by atoms with Crippen LogP contribution in [0.4, 0.5) is 0 Å². The fraction of sp³-hybridized carbons (Fsp3) is 0.692. The molecule has 0 saturated heterocycles. The Balaban J connectivity index is 2.09. The van der Waals surface area contributed by atoms with E-state index in [-0.39, 0.29) is 17.3 Å². The van der Waals surface area contributed by atoms with Crippen molar-refractivity contribution < 1.29 is 9.59 Å². The molecule has 0 bridgehead atoms. The van der Waals surface area contributed by atoms with Gasteiger partial charge in [0, 0.05) is 24.7 Å². The molecular weight excluding hydrogens is 188 g/mol. The van der Waals surface area contributed by atoms with Crippen molar-refractivity contribution in [1.29, 1.82) is 0 Å². The summed E-state index contributed by atoms with van der Waals surface area (Å²) in [5.41, 5.74) is 1.18. The quantitative estimate of drug-likeness (QED) is 0.566. The molecule has 0 radical (unpaired) electrons. The Morgan fingerprint density at radius 3 is 2.73 bits per heavy atom. The maximum Gasteiger partial charge on any atom is 0.141 e. The molecule has 80 valence electrons. The van der Waals surface area contributed by atoms with Crippen molar-refractivity contribution in [3.8, 4) is 0 Å². The van der Waals surface area contributed by atoms with Crippen molar-refractivity contribution >= 4 is 11.6 Å². The maximum absolute atomic E-state index is 11.9. The van der Waals surface area contributed by atoms with Crippen LogP contribution >= 0.6 is 0 Å². The van der Waals surface area contributed by atoms with Gasteiger partial charge < -0.3 is 0 Å². The van der Waals surface area contributed by atoms with Gasteiger partial charge in [0.1, 0.15) is 11.6 Å². The number of rotatable bonds is 0. The monoisotopic (exact) mass is 204 g/mol. The Labute approximate surface area is 89.7 Å². The number of Topliss-reactive ketones (excluding diaryl/α,β-unsaturated/α-hetero) is 2. The van der Waals surface area contributed by atoms with E-state index in [1.807, 2.05) is 0 Å². The molecule has 0 amide bonds. The molecule has 0 heterocycles. The fourth-order valence-electron chi connectivity index (χ4n) is 4.22. The molecule has 0 aromatic carbocycles. The predicted octanol–water partition coefficient (Wildman–Crippen LogP) is 2.14. The topological polar surface area (TPSA) is 34.1 Å². The highest BCUT2D eigenvalue weighted by Gasteiger charge is 2.61. The SMILES string of the molecule is CC1=C[C@H]2CCC(=O)[C@H]2[C@]2(C)CC(=O)[C@H]12. The van der Waals surface area contributed by atoms with Crippen molar-refractivity contribution in [3.63, 3.8) is 0 Å². The lowest BCUT2D eigenvalue weighted by atomic mass is 9.48. The van der Waals surface area contributed by atoms with E-state index in [2.05, 4.69) is 19.9 Å². The minimum absolute atomic E-state index is 0.0336. The van der Waals surface area contributed by atoms with Gasteiger partial charge in [-0.25, -0.2) is 0 Å². The average Bonchev–Trinajstić information content (AvgIpc) is 2.45. The third kappa shape index (κ3) is 0.952. The number of hydrogen-bond acceptors (Lipinski definition) is 2. The molecule has 0 aromatic rings. The lowest BCUT2D eigenvalue weighted by molar-refractivity contribution is -0.149. The zero-order valence-electron chi connectivity index (χ0n) is 9.25. The summed E-state index contributed by atoms with van der Waals surface area (Å²) >= 11 is 0. The number of carbonyl (C=O) groups excluding carboxylic acids is 2. The molecule has 3 aliphatic carbocycles. The molecule has 2 fully saturated rings. The summed E-state index contributed by atoms with van der Waals surface area (Å²) in [7, 11) is 0. The van der Waals surface area contributed by atoms with E-state index in [0.717, 1.165) is 12.8 Å². The molecule has 3 rings (SSSR count). The molecule has 15 heavy (non-hydrogen) atoms. The number of fused-ring (bicyclic) bond motifs is 3. The van der Waals surface area contributed by atoms with Crippen LogP contribution in [0.15, 0.2) is 11.6 Å². The van der Waals surface area contributed by atoms with Gasteiger partial charge in [-0.2, -0.15) is 0 Å². The molecule has 2 saturated carbocycles. The third-order valence-electron chi connectivity index (χ3n) is 4.68. The molecule has 0 N–H and O–H groups in total. The first kappa shape index (κ1) is 9.32. The standard InChI is InChI=1S/C13H16O2/c1-7-5-8-3-4-9(14)12(8)13(2)6-10(15)11(7)13/h5,8,11-12H,3-4,6H2,1-2H3/t8-,11+,12+,13-/m1/s1. The molecule has 0 aromatic heterocycles. The molecule has 3 aliphatic rings. The van der Waals surface area contributed by atoms with Gasteiger partial charge in [0.05, 0.1) is 0 Å². The summed E-state index contributed by atoms with van der Waals surface area (Å²) in [6.07, 6.45) is 4.53. The minimum atomic E-state index is -0.0336. The van der Waals surface area contributed by atoms with Crippen LogP contribution in [0.5, 0.6) is 0 Å². The van der Waals surface area contributed by atoms with Gasteiger partial charge in [-0.3, -0.25) is 9.59 Å². The van der Waals surface area contributed by atoms with Crippen LogP contribution in [0, 0.1) is 23.2 Å². The van der Waals surface area contributed by atoms with E-state index in [1.165, 1.54) is 5.57 Å². The van der Waals surface area contributed by atoms with Gasteiger partial charge in [-0.05, 0) is 24.7 Å². The van der Waals surface area contributed by atoms with E-state index < -0.39 is 0 Å². The van der Waals surface area contributed by atoms with Crippen LogP contribution in [0.1, 0.15) is 33.1 Å². The maximum atomic E-state index is 11.9. The number of hydrogen-bond donors (Lipinski definition) is 0. The van der Waals surface area contributed by atoms with Crippen LogP contribution < -0.4 is 0 Å². The van der Waals surface area contributed by atoms with Gasteiger partial charge in [-0.1, -0.05) is 18.6 Å². The summed E-state index contributed by atoms with van der Waals surface area (Å²) < 4.78 is 0. The van der Waals surface area contributed by atoms with Gasteiger partial charge in [0.25, 0.3) is 0 Å². The molecule has 2 nitrogen and oxygen atoms in total. The lowest BCUT2D eigenvalue weighted by Crippen LogP contribution is -2.56. The smallest absolute Gasteiger partial charge is 0.141 e. The highest BCUT2D eigenvalue weighted by Crippen LogP contribution is 2.60. The van der Waals surface area contributed by atoms with Crippen LogP contribution in [0.2, 0.25) is 0 Å². The van der Waals surface area contributed by atoms with Crippen molar-refractivity contribution in [3.05, 3.63) is 11.6 Å². The van der Waals surface area contributed by atoms with E-state index in [4.69, 9.17) is 0 Å². The van der Waals surface area contributed by atoms with Crippen molar-refractivity contribution in [2.75, 3.05) is 0 Å². The van der Waals surface area contributed by atoms with E-state index in [9.17, 15) is 9.59 Å². The number of carbonyl (C=O) groups is 2. The van der Waals surface area contributed by atoms with E-state index in [0.29, 0.717) is 23.9 Å². The second-order valence-electron chi connectivity index (χ2n) is 5.64. The average molecular weight is 204 g/mol. The van der Waals surface area contributed by atoms with Crippen LogP contribution in [-0.2, 0) is 9.59 Å². The second kappa shape index (κ2) is 2.60. The predicted molar refractivity (Wildman–Crippen MR) is 56.2 cm³/mol. The third-order valence-corrected chi connectivity index (χ3v) is 4.68. The van der Waals surface area contributed by atoms with E-state index in [1.54, 1.807) is 0 Å². The first-order valence-corrected chi connectivity index (χ1v) is 5.78. The van der Waals surface area contributed by atoms with Crippen LogP contribution in [-0.4, -0.2) is 11.6 Å². The first-order valence-electron chi connectivity index (χ1n) is 5.78. The van der Waals surface area contributed by atoms with Gasteiger partial charge >= 0.3 is 0 Å². The normalized spacial score (nSPS) is 48.1. The Hall–Kier alpha value is -0.920. The highest BCUT2D eigenvalue weighted by atomic mass is 16.1. The largest absolute Gasteiger partial charge is 0.299 e. The molecule has 0 spiro atoms. The Bertz CT molecular complexity index is 393. The first-order chi connectivity index (χ1) is 7.04. The van der Waals surface area contributed by atoms with E-state index >= 15 is 0 Å². The summed E-state index contributed by atoms with van der Waals surface area (Å²) in [4.78, 5) is 23.5. The van der Waals surface area contributed by atoms with Gasteiger partial charge in [-0.15, -0.1) is 0 Å². The summed E-state index contributed by atoms with van der Waals surface area (Å²) in [6, 6.07) is 0. The Morgan fingerprint density at radius 2 is 2.07 bits per heavy atom. The second-order valence-corrected chi connectivity index (χ2v) is 5.64. The van der Waals surface area contributed by atoms with Crippen molar-refractivity contribution in [1.82, 2.24) is 0 Å². The molecular formula is C13H16O2. The zero-order valence-corrected chi connectivity index (χ0v) is 9.25.